The molecule has 2 N–H and O–H groups in total. The number of hydrogen-bond acceptors (Lipinski definition) is 4. The summed E-state index contributed by atoms with van der Waals surface area (Å²) in [6.45, 7) is 2.05. The van der Waals surface area contributed by atoms with Crippen LogP contribution in [-0.2, 0) is 16.3 Å². The Bertz CT molecular complexity index is 601. The van der Waals surface area contributed by atoms with Gasteiger partial charge in [-0.2, -0.15) is 5.26 Å². The van der Waals surface area contributed by atoms with Crippen molar-refractivity contribution >= 4 is 9.84 Å². The van der Waals surface area contributed by atoms with E-state index in [0.29, 0.717) is 0 Å². The third-order valence-corrected chi connectivity index (χ3v) is 5.17. The van der Waals surface area contributed by atoms with Gasteiger partial charge in [0.15, 0.2) is 9.84 Å². The SMILES string of the molecule is CCc1ccc(C2C(S(C)(=O)=O)C2(N)C#N)cc1. The van der Waals surface area contributed by atoms with Gasteiger partial charge >= 0.3 is 0 Å². The summed E-state index contributed by atoms with van der Waals surface area (Å²) in [4.78, 5) is 0. The van der Waals surface area contributed by atoms with Gasteiger partial charge in [-0.25, -0.2) is 8.42 Å². The van der Waals surface area contributed by atoms with Crippen LogP contribution < -0.4 is 5.73 Å². The van der Waals surface area contributed by atoms with E-state index in [2.05, 4.69) is 0 Å². The second-order valence-corrected chi connectivity index (χ2v) is 7.03. The third-order valence-electron chi connectivity index (χ3n) is 3.58. The summed E-state index contributed by atoms with van der Waals surface area (Å²) in [6, 6.07) is 9.58. The smallest absolute Gasteiger partial charge is 0.153 e. The number of rotatable bonds is 3. The van der Waals surface area contributed by atoms with Gasteiger partial charge in [0.25, 0.3) is 0 Å². The van der Waals surface area contributed by atoms with Crippen LogP contribution in [0.15, 0.2) is 24.3 Å². The highest BCUT2D eigenvalue weighted by Crippen LogP contribution is 2.53. The number of hydrogen-bond donors (Lipinski definition) is 1. The second-order valence-electron chi connectivity index (χ2n) is 4.87. The minimum atomic E-state index is -3.31. The number of sulfone groups is 1. The first kappa shape index (κ1) is 13.1. The molecule has 3 unspecified atom stereocenters. The number of benzene rings is 1. The molecule has 0 amide bonds. The minimum absolute atomic E-state index is 0.414. The zero-order valence-electron chi connectivity index (χ0n) is 10.4. The van der Waals surface area contributed by atoms with Crippen molar-refractivity contribution in [2.24, 2.45) is 5.73 Å². The molecule has 0 aromatic heterocycles. The van der Waals surface area contributed by atoms with Gasteiger partial charge in [-0.15, -0.1) is 0 Å². The van der Waals surface area contributed by atoms with E-state index >= 15 is 0 Å². The first-order valence-corrected chi connectivity index (χ1v) is 7.78. The Balaban J connectivity index is 2.37. The highest BCUT2D eigenvalue weighted by molar-refractivity contribution is 7.91. The Kier molecular flexibility index (Phi) is 2.96. The molecular formula is C13H16N2O2S. The van der Waals surface area contributed by atoms with Crippen molar-refractivity contribution in [1.82, 2.24) is 0 Å². The lowest BCUT2D eigenvalue weighted by Crippen LogP contribution is -2.28. The molecule has 1 aromatic carbocycles. The van der Waals surface area contributed by atoms with Gasteiger partial charge < -0.3 is 5.73 Å². The lowest BCUT2D eigenvalue weighted by Gasteiger charge is -2.02. The van der Waals surface area contributed by atoms with Crippen LogP contribution in [0.25, 0.3) is 0 Å². The van der Waals surface area contributed by atoms with Crippen LogP contribution in [0.5, 0.6) is 0 Å². The van der Waals surface area contributed by atoms with Crippen LogP contribution in [0, 0.1) is 11.3 Å². The Hall–Kier alpha value is -1.38. The molecule has 1 aromatic rings. The van der Waals surface area contributed by atoms with Gasteiger partial charge in [-0.1, -0.05) is 31.2 Å². The second kappa shape index (κ2) is 4.08. The highest BCUT2D eigenvalue weighted by atomic mass is 32.2. The summed E-state index contributed by atoms with van der Waals surface area (Å²) in [5, 5.41) is 8.30. The number of nitrogens with zero attached hydrogens (tertiary/aromatic N) is 1. The molecular weight excluding hydrogens is 248 g/mol. The van der Waals surface area contributed by atoms with Gasteiger partial charge in [-0.05, 0) is 17.5 Å². The molecule has 2 rings (SSSR count). The van der Waals surface area contributed by atoms with Crippen LogP contribution >= 0.6 is 0 Å². The molecule has 0 aliphatic heterocycles. The lowest BCUT2D eigenvalue weighted by molar-refractivity contribution is 0.597. The summed E-state index contributed by atoms with van der Waals surface area (Å²) in [7, 11) is -3.31. The number of nitriles is 1. The quantitative estimate of drug-likeness (QED) is 0.882. The Morgan fingerprint density at radius 2 is 1.94 bits per heavy atom. The Morgan fingerprint density at radius 1 is 1.39 bits per heavy atom. The fourth-order valence-electron chi connectivity index (χ4n) is 2.52. The predicted octanol–water partition coefficient (Wildman–Crippen LogP) is 0.980. The van der Waals surface area contributed by atoms with Gasteiger partial charge in [0.2, 0.25) is 0 Å². The van der Waals surface area contributed by atoms with Crippen molar-refractivity contribution in [3.63, 3.8) is 0 Å². The maximum atomic E-state index is 11.6. The minimum Gasteiger partial charge on any atom is -0.312 e. The molecule has 3 atom stereocenters. The van der Waals surface area contributed by atoms with Gasteiger partial charge in [-0.3, -0.25) is 0 Å². The monoisotopic (exact) mass is 264 g/mol. The third kappa shape index (κ3) is 1.92. The molecule has 4 nitrogen and oxygen atoms in total. The van der Waals surface area contributed by atoms with E-state index in [1.807, 2.05) is 37.3 Å². The summed E-state index contributed by atoms with van der Waals surface area (Å²) < 4.78 is 23.3. The Labute approximate surface area is 107 Å². The summed E-state index contributed by atoms with van der Waals surface area (Å²) >= 11 is 0. The van der Waals surface area contributed by atoms with Gasteiger partial charge in [0.1, 0.15) is 10.8 Å². The largest absolute Gasteiger partial charge is 0.312 e. The number of nitrogens with two attached hydrogens (primary N) is 1. The van der Waals surface area contributed by atoms with E-state index < -0.39 is 26.5 Å². The summed E-state index contributed by atoms with van der Waals surface area (Å²) in [5.74, 6) is -0.414. The van der Waals surface area contributed by atoms with E-state index in [1.54, 1.807) is 0 Å². The van der Waals surface area contributed by atoms with E-state index in [-0.39, 0.29) is 0 Å². The fourth-order valence-corrected chi connectivity index (χ4v) is 4.23. The van der Waals surface area contributed by atoms with Crippen molar-refractivity contribution in [2.75, 3.05) is 6.26 Å². The van der Waals surface area contributed by atoms with E-state index in [4.69, 9.17) is 11.0 Å². The van der Waals surface area contributed by atoms with E-state index in [0.717, 1.165) is 18.2 Å². The van der Waals surface area contributed by atoms with Crippen LogP contribution in [0.3, 0.4) is 0 Å². The molecule has 18 heavy (non-hydrogen) atoms. The molecule has 0 saturated heterocycles. The molecule has 0 bridgehead atoms. The zero-order valence-corrected chi connectivity index (χ0v) is 11.2. The molecule has 5 heteroatoms. The van der Waals surface area contributed by atoms with Gasteiger partial charge in [0.05, 0.1) is 6.07 Å². The van der Waals surface area contributed by atoms with Crippen LogP contribution in [-0.4, -0.2) is 25.5 Å². The molecule has 1 saturated carbocycles. The molecule has 0 spiro atoms. The molecule has 1 aliphatic rings. The molecule has 1 aliphatic carbocycles. The molecule has 0 heterocycles. The maximum absolute atomic E-state index is 11.6. The first-order valence-electron chi connectivity index (χ1n) is 5.82. The molecule has 96 valence electrons. The van der Waals surface area contributed by atoms with E-state index in [1.165, 1.54) is 5.56 Å². The van der Waals surface area contributed by atoms with Crippen molar-refractivity contribution in [3.05, 3.63) is 35.4 Å². The first-order chi connectivity index (χ1) is 8.34. The van der Waals surface area contributed by atoms with Crippen LogP contribution in [0.1, 0.15) is 24.0 Å². The van der Waals surface area contributed by atoms with Crippen molar-refractivity contribution in [3.8, 4) is 6.07 Å². The average molecular weight is 264 g/mol. The van der Waals surface area contributed by atoms with Crippen molar-refractivity contribution in [1.29, 1.82) is 5.26 Å². The zero-order chi connectivity index (χ0) is 13.6. The van der Waals surface area contributed by atoms with Crippen LogP contribution in [0.2, 0.25) is 0 Å². The fraction of sp³-hybridized carbons (Fsp3) is 0.462. The van der Waals surface area contributed by atoms with Gasteiger partial charge in [0, 0.05) is 12.2 Å². The highest BCUT2D eigenvalue weighted by Gasteiger charge is 2.69. The topological polar surface area (TPSA) is 83.9 Å². The average Bonchev–Trinajstić information content (AvgIpc) is 2.97. The summed E-state index contributed by atoms with van der Waals surface area (Å²) in [5.41, 5.74) is 6.61. The normalized spacial score (nSPS) is 30.8. The number of aryl methyl sites for hydroxylation is 1. The standard InChI is InChI=1S/C13H16N2O2S/c1-3-9-4-6-10(7-5-9)11-12(18(2,16)17)13(11,15)8-14/h4-7,11-12H,3,15H2,1-2H3. The Morgan fingerprint density at radius 3 is 2.28 bits per heavy atom. The van der Waals surface area contributed by atoms with E-state index in [9.17, 15) is 8.42 Å². The summed E-state index contributed by atoms with van der Waals surface area (Å²) in [6.07, 6.45) is 2.06. The molecule has 0 radical (unpaired) electrons. The van der Waals surface area contributed by atoms with Crippen molar-refractivity contribution in [2.45, 2.75) is 30.1 Å². The lowest BCUT2D eigenvalue weighted by atomic mass is 10.0. The predicted molar refractivity (Wildman–Crippen MR) is 69.7 cm³/mol. The maximum Gasteiger partial charge on any atom is 0.153 e. The molecule has 1 fully saturated rings. The van der Waals surface area contributed by atoms with Crippen molar-refractivity contribution < 1.29 is 8.42 Å². The van der Waals surface area contributed by atoms with Crippen LogP contribution in [0.4, 0.5) is 0 Å².